The van der Waals surface area contributed by atoms with Crippen molar-refractivity contribution in [1.82, 2.24) is 4.98 Å². The Morgan fingerprint density at radius 3 is 2.63 bits per heavy atom. The number of benzene rings is 1. The van der Waals surface area contributed by atoms with Gasteiger partial charge in [0.15, 0.2) is 5.69 Å². The Labute approximate surface area is 111 Å². The molecule has 0 aliphatic heterocycles. The number of carboxylic acids is 1. The van der Waals surface area contributed by atoms with Crippen molar-refractivity contribution in [3.05, 3.63) is 59.4 Å². The van der Waals surface area contributed by atoms with Crippen LogP contribution in [0.25, 0.3) is 0 Å². The molecular formula is C15H15NO3. The molecular weight excluding hydrogens is 242 g/mol. The highest BCUT2D eigenvalue weighted by atomic mass is 16.5. The number of nitrogens with zero attached hydrogens (tertiary/aromatic N) is 1. The van der Waals surface area contributed by atoms with E-state index in [2.05, 4.69) is 11.9 Å². The minimum atomic E-state index is -1.04. The first-order valence-corrected chi connectivity index (χ1v) is 6.09. The highest BCUT2D eigenvalue weighted by Gasteiger charge is 2.11. The van der Waals surface area contributed by atoms with Crippen molar-refractivity contribution in [2.24, 2.45) is 0 Å². The summed E-state index contributed by atoms with van der Waals surface area (Å²) in [6.07, 6.45) is 2.44. The van der Waals surface area contributed by atoms with Gasteiger partial charge in [-0.15, -0.1) is 0 Å². The van der Waals surface area contributed by atoms with Gasteiger partial charge in [-0.2, -0.15) is 0 Å². The molecule has 0 radical (unpaired) electrons. The van der Waals surface area contributed by atoms with Crippen molar-refractivity contribution in [3.8, 4) is 5.75 Å². The summed E-state index contributed by atoms with van der Waals surface area (Å²) in [4.78, 5) is 14.8. The van der Waals surface area contributed by atoms with Gasteiger partial charge in [0, 0.05) is 11.8 Å². The smallest absolute Gasteiger partial charge is 0.354 e. The number of rotatable bonds is 5. The Balaban J connectivity index is 2.07. The van der Waals surface area contributed by atoms with Gasteiger partial charge in [0.25, 0.3) is 0 Å². The van der Waals surface area contributed by atoms with Gasteiger partial charge in [0.1, 0.15) is 12.4 Å². The van der Waals surface area contributed by atoms with Crippen molar-refractivity contribution >= 4 is 5.97 Å². The SMILES string of the molecule is CCc1ccc(OCc2cccnc2C(=O)O)cc1. The van der Waals surface area contributed by atoms with E-state index in [-0.39, 0.29) is 12.3 Å². The molecule has 0 saturated heterocycles. The minimum Gasteiger partial charge on any atom is -0.489 e. The van der Waals surface area contributed by atoms with Crippen molar-refractivity contribution < 1.29 is 14.6 Å². The van der Waals surface area contributed by atoms with Crippen LogP contribution in [0, 0.1) is 0 Å². The monoisotopic (exact) mass is 257 g/mol. The average molecular weight is 257 g/mol. The molecule has 19 heavy (non-hydrogen) atoms. The summed E-state index contributed by atoms with van der Waals surface area (Å²) >= 11 is 0. The first-order chi connectivity index (χ1) is 9.20. The third-order valence-corrected chi connectivity index (χ3v) is 2.82. The molecule has 0 saturated carbocycles. The fraction of sp³-hybridized carbons (Fsp3) is 0.200. The van der Waals surface area contributed by atoms with E-state index in [1.165, 1.54) is 11.8 Å². The Morgan fingerprint density at radius 1 is 1.26 bits per heavy atom. The van der Waals surface area contributed by atoms with E-state index in [1.807, 2.05) is 24.3 Å². The summed E-state index contributed by atoms with van der Waals surface area (Å²) in [6, 6.07) is 11.2. The van der Waals surface area contributed by atoms with Gasteiger partial charge in [-0.3, -0.25) is 0 Å². The third-order valence-electron chi connectivity index (χ3n) is 2.82. The van der Waals surface area contributed by atoms with Gasteiger partial charge < -0.3 is 9.84 Å². The van der Waals surface area contributed by atoms with E-state index in [4.69, 9.17) is 9.84 Å². The van der Waals surface area contributed by atoms with Crippen molar-refractivity contribution in [2.45, 2.75) is 20.0 Å². The zero-order valence-electron chi connectivity index (χ0n) is 10.7. The normalized spacial score (nSPS) is 10.2. The maximum absolute atomic E-state index is 11.0. The summed E-state index contributed by atoms with van der Waals surface area (Å²) in [7, 11) is 0. The first kappa shape index (κ1) is 13.1. The molecule has 0 aliphatic carbocycles. The summed E-state index contributed by atoms with van der Waals surface area (Å²) in [5.41, 5.74) is 1.84. The zero-order valence-corrected chi connectivity index (χ0v) is 10.7. The molecule has 1 heterocycles. The molecule has 1 aromatic carbocycles. The Morgan fingerprint density at radius 2 is 2.00 bits per heavy atom. The van der Waals surface area contributed by atoms with Gasteiger partial charge in [0.05, 0.1) is 0 Å². The van der Waals surface area contributed by atoms with Crippen LogP contribution in [0.15, 0.2) is 42.6 Å². The molecule has 1 N–H and O–H groups in total. The van der Waals surface area contributed by atoms with E-state index >= 15 is 0 Å². The fourth-order valence-corrected chi connectivity index (χ4v) is 1.73. The molecule has 98 valence electrons. The Bertz CT molecular complexity index is 564. The Kier molecular flexibility index (Phi) is 4.13. The van der Waals surface area contributed by atoms with Crippen LogP contribution in [0.4, 0.5) is 0 Å². The molecule has 4 heteroatoms. The molecule has 2 rings (SSSR count). The number of pyridine rings is 1. The summed E-state index contributed by atoms with van der Waals surface area (Å²) < 4.78 is 5.58. The number of aromatic carboxylic acids is 1. The molecule has 2 aromatic rings. The molecule has 4 nitrogen and oxygen atoms in total. The summed E-state index contributed by atoms with van der Waals surface area (Å²) in [5, 5.41) is 9.01. The zero-order chi connectivity index (χ0) is 13.7. The lowest BCUT2D eigenvalue weighted by molar-refractivity contribution is 0.0687. The second-order valence-electron chi connectivity index (χ2n) is 4.10. The number of hydrogen-bond acceptors (Lipinski definition) is 3. The van der Waals surface area contributed by atoms with E-state index in [0.29, 0.717) is 5.56 Å². The Hall–Kier alpha value is -2.36. The molecule has 0 atom stereocenters. The molecule has 0 bridgehead atoms. The summed E-state index contributed by atoms with van der Waals surface area (Å²) in [6.45, 7) is 2.28. The van der Waals surface area contributed by atoms with Crippen LogP contribution < -0.4 is 4.74 Å². The molecule has 0 amide bonds. The quantitative estimate of drug-likeness (QED) is 0.894. The lowest BCUT2D eigenvalue weighted by Crippen LogP contribution is -2.07. The fourth-order valence-electron chi connectivity index (χ4n) is 1.73. The molecule has 0 unspecified atom stereocenters. The van der Waals surface area contributed by atoms with Gasteiger partial charge in [-0.25, -0.2) is 9.78 Å². The van der Waals surface area contributed by atoms with E-state index in [0.717, 1.165) is 12.2 Å². The van der Waals surface area contributed by atoms with Crippen LogP contribution in [0.3, 0.4) is 0 Å². The molecule has 0 fully saturated rings. The summed E-state index contributed by atoms with van der Waals surface area (Å²) in [5.74, 6) is -0.321. The van der Waals surface area contributed by atoms with Gasteiger partial charge in [-0.05, 0) is 30.2 Å². The second kappa shape index (κ2) is 6.00. The van der Waals surface area contributed by atoms with Crippen LogP contribution in [-0.4, -0.2) is 16.1 Å². The number of carboxylic acid groups (broad SMARTS) is 1. The lowest BCUT2D eigenvalue weighted by Gasteiger charge is -2.08. The maximum Gasteiger partial charge on any atom is 0.354 e. The number of aryl methyl sites for hydroxylation is 1. The van der Waals surface area contributed by atoms with Crippen LogP contribution in [0.1, 0.15) is 28.5 Å². The predicted octanol–water partition coefficient (Wildman–Crippen LogP) is 2.92. The van der Waals surface area contributed by atoms with Crippen molar-refractivity contribution in [2.75, 3.05) is 0 Å². The number of carbonyl (C=O) groups is 1. The largest absolute Gasteiger partial charge is 0.489 e. The molecule has 0 spiro atoms. The highest BCUT2D eigenvalue weighted by Crippen LogP contribution is 2.15. The van der Waals surface area contributed by atoms with E-state index < -0.39 is 5.97 Å². The van der Waals surface area contributed by atoms with Crippen LogP contribution in [0.5, 0.6) is 5.75 Å². The van der Waals surface area contributed by atoms with Gasteiger partial charge in [0.2, 0.25) is 0 Å². The standard InChI is InChI=1S/C15H15NO3/c1-2-11-5-7-13(8-6-11)19-10-12-4-3-9-16-14(12)15(17)18/h3-9H,2,10H2,1H3,(H,17,18). The second-order valence-corrected chi connectivity index (χ2v) is 4.10. The van der Waals surface area contributed by atoms with Gasteiger partial charge >= 0.3 is 5.97 Å². The number of hydrogen-bond donors (Lipinski definition) is 1. The van der Waals surface area contributed by atoms with Crippen molar-refractivity contribution in [1.29, 1.82) is 0 Å². The first-order valence-electron chi connectivity index (χ1n) is 6.09. The van der Waals surface area contributed by atoms with E-state index in [1.54, 1.807) is 12.1 Å². The number of aromatic nitrogens is 1. The van der Waals surface area contributed by atoms with E-state index in [9.17, 15) is 4.79 Å². The third kappa shape index (κ3) is 3.31. The van der Waals surface area contributed by atoms with Crippen LogP contribution in [-0.2, 0) is 13.0 Å². The molecule has 1 aromatic heterocycles. The molecule has 0 aliphatic rings. The lowest BCUT2D eigenvalue weighted by atomic mass is 10.2. The topological polar surface area (TPSA) is 59.4 Å². The van der Waals surface area contributed by atoms with Crippen LogP contribution in [0.2, 0.25) is 0 Å². The predicted molar refractivity (Wildman–Crippen MR) is 71.3 cm³/mol. The van der Waals surface area contributed by atoms with Crippen molar-refractivity contribution in [3.63, 3.8) is 0 Å². The highest BCUT2D eigenvalue weighted by molar-refractivity contribution is 5.86. The van der Waals surface area contributed by atoms with Gasteiger partial charge in [-0.1, -0.05) is 25.1 Å². The van der Waals surface area contributed by atoms with Crippen LogP contribution >= 0.6 is 0 Å². The average Bonchev–Trinajstić information content (AvgIpc) is 2.46. The minimum absolute atomic E-state index is 0.0349. The maximum atomic E-state index is 11.0. The number of ether oxygens (including phenoxy) is 1.